The maximum absolute atomic E-state index is 12.2. The van der Waals surface area contributed by atoms with Crippen molar-refractivity contribution in [1.29, 1.82) is 0 Å². The van der Waals surface area contributed by atoms with E-state index in [1.807, 2.05) is 27.8 Å². The Morgan fingerprint density at radius 2 is 2.04 bits per heavy atom. The summed E-state index contributed by atoms with van der Waals surface area (Å²) in [6, 6.07) is -0.801. The second-order valence-corrected chi connectivity index (χ2v) is 7.09. The molecule has 1 rings (SSSR count). The van der Waals surface area contributed by atoms with Crippen LogP contribution in [-0.4, -0.2) is 66.9 Å². The van der Waals surface area contributed by atoms with Crippen LogP contribution >= 0.6 is 0 Å². The van der Waals surface area contributed by atoms with Crippen molar-refractivity contribution in [2.45, 2.75) is 51.9 Å². The zero-order valence-corrected chi connectivity index (χ0v) is 14.6. The van der Waals surface area contributed by atoms with Crippen molar-refractivity contribution < 1.29 is 14.7 Å². The number of urea groups is 1. The molecule has 2 unspecified atom stereocenters. The molecular weight excluding hydrogens is 298 g/mol. The van der Waals surface area contributed by atoms with Crippen molar-refractivity contribution in [3.8, 4) is 0 Å². The van der Waals surface area contributed by atoms with E-state index < -0.39 is 6.23 Å². The smallest absolute Gasteiger partial charge is 0.315 e. The van der Waals surface area contributed by atoms with Gasteiger partial charge in [0.1, 0.15) is 6.23 Å². The fraction of sp³-hybridized carbons (Fsp3) is 0.867. The highest BCUT2D eigenvalue weighted by molar-refractivity contribution is 5.84. The van der Waals surface area contributed by atoms with Crippen LogP contribution in [0.2, 0.25) is 0 Å². The first kappa shape index (κ1) is 19.7. The first-order chi connectivity index (χ1) is 10.7. The predicted molar refractivity (Wildman–Crippen MR) is 88.6 cm³/mol. The topological polar surface area (TPSA) is 120 Å². The van der Waals surface area contributed by atoms with Gasteiger partial charge in [-0.3, -0.25) is 4.79 Å². The minimum atomic E-state index is -1.05. The van der Waals surface area contributed by atoms with E-state index in [2.05, 4.69) is 16.0 Å². The van der Waals surface area contributed by atoms with Crippen molar-refractivity contribution in [3.63, 3.8) is 0 Å². The summed E-state index contributed by atoms with van der Waals surface area (Å²) in [7, 11) is 1.83. The number of likely N-dealkylation sites (tertiary alicyclic amines) is 1. The lowest BCUT2D eigenvalue weighted by atomic mass is 9.87. The molecule has 0 saturated carbocycles. The molecule has 8 nitrogen and oxygen atoms in total. The Hall–Kier alpha value is -1.38. The predicted octanol–water partition coefficient (Wildman–Crippen LogP) is -0.812. The molecule has 1 fully saturated rings. The highest BCUT2D eigenvalue weighted by Crippen LogP contribution is 2.19. The molecule has 3 amide bonds. The lowest BCUT2D eigenvalue weighted by Gasteiger charge is -2.31. The van der Waals surface area contributed by atoms with Crippen LogP contribution in [0.15, 0.2) is 0 Å². The fourth-order valence-electron chi connectivity index (χ4n) is 2.70. The Morgan fingerprint density at radius 1 is 1.39 bits per heavy atom. The first-order valence-corrected chi connectivity index (χ1v) is 8.09. The normalized spacial score (nSPS) is 21.0. The molecule has 0 aromatic carbocycles. The highest BCUT2D eigenvalue weighted by Gasteiger charge is 2.32. The molecule has 1 aliphatic rings. The summed E-state index contributed by atoms with van der Waals surface area (Å²) in [5.41, 5.74) is 5.38. The first-order valence-electron chi connectivity index (χ1n) is 8.09. The summed E-state index contributed by atoms with van der Waals surface area (Å²) in [4.78, 5) is 25.7. The number of carbonyl (C=O) groups is 2. The fourth-order valence-corrected chi connectivity index (χ4v) is 2.70. The molecule has 1 saturated heterocycles. The summed E-state index contributed by atoms with van der Waals surface area (Å²) < 4.78 is 0. The minimum absolute atomic E-state index is 0.0620. The summed E-state index contributed by atoms with van der Waals surface area (Å²) in [6.45, 7) is 7.21. The molecule has 0 aromatic heterocycles. The number of nitrogens with one attached hydrogen (secondary N) is 3. The number of aliphatic hydroxyl groups is 1. The summed E-state index contributed by atoms with van der Waals surface area (Å²) in [5.74, 6) is -0.229. The van der Waals surface area contributed by atoms with Crippen LogP contribution in [0, 0.1) is 5.41 Å². The number of aliphatic hydroxyl groups excluding tert-OH is 1. The second-order valence-electron chi connectivity index (χ2n) is 7.09. The van der Waals surface area contributed by atoms with Crippen LogP contribution in [-0.2, 0) is 4.79 Å². The molecule has 8 heteroatoms. The average Bonchev–Trinajstić information content (AvgIpc) is 2.93. The molecule has 1 heterocycles. The lowest BCUT2D eigenvalue weighted by Crippen LogP contribution is -2.54. The van der Waals surface area contributed by atoms with Crippen LogP contribution in [0.25, 0.3) is 0 Å². The van der Waals surface area contributed by atoms with Crippen molar-refractivity contribution in [3.05, 3.63) is 0 Å². The van der Waals surface area contributed by atoms with E-state index in [9.17, 15) is 14.7 Å². The third kappa shape index (κ3) is 5.96. The standard InChI is InChI=1S/C15H31N5O3/c1-15(2,3)11(8-17-4)19-14(23)18-9-12(21)20-7-5-6-10(20)13(16)22/h10-11,13,17,22H,5-9,16H2,1-4H3,(H2,18,19,23)/t10-,11?,13?/m0/s1. The molecule has 6 N–H and O–H groups in total. The molecule has 0 bridgehead atoms. The Balaban J connectivity index is 2.47. The number of hydrogen-bond acceptors (Lipinski definition) is 5. The SMILES string of the molecule is CNCC(NC(=O)NCC(=O)N1CCC[C@H]1C(N)O)C(C)(C)C. The van der Waals surface area contributed by atoms with Crippen LogP contribution in [0.3, 0.4) is 0 Å². The zero-order valence-electron chi connectivity index (χ0n) is 14.6. The van der Waals surface area contributed by atoms with Crippen molar-refractivity contribution >= 4 is 11.9 Å². The van der Waals surface area contributed by atoms with E-state index in [-0.39, 0.29) is 36.0 Å². The lowest BCUT2D eigenvalue weighted by molar-refractivity contribution is -0.132. The largest absolute Gasteiger partial charge is 0.377 e. The van der Waals surface area contributed by atoms with Crippen LogP contribution in [0.1, 0.15) is 33.6 Å². The molecule has 3 atom stereocenters. The van der Waals surface area contributed by atoms with Crippen molar-refractivity contribution in [2.75, 3.05) is 26.7 Å². The zero-order chi connectivity index (χ0) is 17.6. The van der Waals surface area contributed by atoms with Crippen LogP contribution < -0.4 is 21.7 Å². The van der Waals surface area contributed by atoms with Gasteiger partial charge < -0.3 is 31.7 Å². The average molecular weight is 329 g/mol. The molecule has 134 valence electrons. The number of hydrogen-bond donors (Lipinski definition) is 5. The number of likely N-dealkylation sites (N-methyl/N-ethyl adjacent to an activating group) is 1. The molecule has 1 aliphatic heterocycles. The quantitative estimate of drug-likeness (QED) is 0.408. The van der Waals surface area contributed by atoms with Gasteiger partial charge in [0.2, 0.25) is 5.91 Å². The van der Waals surface area contributed by atoms with E-state index in [0.29, 0.717) is 19.5 Å². The number of nitrogens with zero attached hydrogens (tertiary/aromatic N) is 1. The van der Waals surface area contributed by atoms with Gasteiger partial charge in [-0.2, -0.15) is 0 Å². The van der Waals surface area contributed by atoms with Crippen LogP contribution in [0.5, 0.6) is 0 Å². The highest BCUT2D eigenvalue weighted by atomic mass is 16.3. The van der Waals surface area contributed by atoms with E-state index in [4.69, 9.17) is 5.73 Å². The number of carbonyl (C=O) groups excluding carboxylic acids is 2. The molecule has 23 heavy (non-hydrogen) atoms. The summed E-state index contributed by atoms with van der Waals surface area (Å²) in [6.07, 6.45) is 0.450. The third-order valence-electron chi connectivity index (χ3n) is 4.17. The third-order valence-corrected chi connectivity index (χ3v) is 4.17. The Morgan fingerprint density at radius 3 is 2.57 bits per heavy atom. The van der Waals surface area contributed by atoms with Gasteiger partial charge in [0.05, 0.1) is 12.6 Å². The van der Waals surface area contributed by atoms with Crippen LogP contribution in [0.4, 0.5) is 4.79 Å². The number of amides is 3. The van der Waals surface area contributed by atoms with Gasteiger partial charge in [-0.15, -0.1) is 0 Å². The minimum Gasteiger partial charge on any atom is -0.377 e. The van der Waals surface area contributed by atoms with Gasteiger partial charge in [-0.25, -0.2) is 4.79 Å². The molecule has 0 radical (unpaired) electrons. The van der Waals surface area contributed by atoms with E-state index in [0.717, 1.165) is 6.42 Å². The van der Waals surface area contributed by atoms with Crippen molar-refractivity contribution in [1.82, 2.24) is 20.9 Å². The molecule has 0 aromatic rings. The summed E-state index contributed by atoms with van der Waals surface area (Å²) >= 11 is 0. The van der Waals surface area contributed by atoms with Gasteiger partial charge in [0, 0.05) is 19.1 Å². The maximum Gasteiger partial charge on any atom is 0.315 e. The van der Waals surface area contributed by atoms with Gasteiger partial charge in [0.15, 0.2) is 0 Å². The van der Waals surface area contributed by atoms with Crippen molar-refractivity contribution in [2.24, 2.45) is 11.1 Å². The van der Waals surface area contributed by atoms with Gasteiger partial charge in [-0.1, -0.05) is 20.8 Å². The number of nitrogens with two attached hydrogens (primary N) is 1. The second kappa shape index (κ2) is 8.47. The molecule has 0 spiro atoms. The van der Waals surface area contributed by atoms with E-state index in [1.165, 1.54) is 0 Å². The Labute approximate surface area is 138 Å². The number of rotatable bonds is 6. The Bertz CT molecular complexity index is 408. The summed E-state index contributed by atoms with van der Waals surface area (Å²) in [5, 5.41) is 18.0. The van der Waals surface area contributed by atoms with Gasteiger partial charge in [-0.05, 0) is 25.3 Å². The molecular formula is C15H31N5O3. The Kier molecular flexibility index (Phi) is 7.24. The maximum atomic E-state index is 12.2. The van der Waals surface area contributed by atoms with E-state index >= 15 is 0 Å². The molecule has 0 aliphatic carbocycles. The van der Waals surface area contributed by atoms with Gasteiger partial charge >= 0.3 is 6.03 Å². The monoisotopic (exact) mass is 329 g/mol. The van der Waals surface area contributed by atoms with Gasteiger partial charge in [0.25, 0.3) is 0 Å². The van der Waals surface area contributed by atoms with E-state index in [1.54, 1.807) is 4.90 Å².